The molecule has 0 saturated heterocycles. The smallest absolute Gasteiger partial charge is 0.231 e. The molecule has 2 nitrogen and oxygen atoms in total. The van der Waals surface area contributed by atoms with Crippen molar-refractivity contribution in [2.75, 3.05) is 6.79 Å². The van der Waals surface area contributed by atoms with Crippen molar-refractivity contribution in [3.05, 3.63) is 47.0 Å². The summed E-state index contributed by atoms with van der Waals surface area (Å²) in [6.07, 6.45) is 5.54. The van der Waals surface area contributed by atoms with E-state index < -0.39 is 0 Å². The topological polar surface area (TPSA) is 18.5 Å². The second-order valence-corrected chi connectivity index (χ2v) is 4.28. The monoisotopic (exact) mass is 256 g/mol. The van der Waals surface area contributed by atoms with Gasteiger partial charge in [0.2, 0.25) is 6.79 Å². The third kappa shape index (κ3) is 1.70. The van der Waals surface area contributed by atoms with E-state index in [0.717, 1.165) is 16.7 Å². The molecule has 3 heteroatoms. The van der Waals surface area contributed by atoms with Crippen molar-refractivity contribution in [2.24, 2.45) is 0 Å². The molecule has 18 heavy (non-hydrogen) atoms. The van der Waals surface area contributed by atoms with Crippen LogP contribution in [0.15, 0.2) is 36.4 Å². The molecule has 2 aromatic rings. The van der Waals surface area contributed by atoms with Crippen molar-refractivity contribution in [3.63, 3.8) is 0 Å². The minimum absolute atomic E-state index is 0.227. The third-order valence-electron chi connectivity index (χ3n) is 2.83. The van der Waals surface area contributed by atoms with Crippen LogP contribution in [0.3, 0.4) is 0 Å². The van der Waals surface area contributed by atoms with E-state index in [0.29, 0.717) is 16.5 Å². The highest BCUT2D eigenvalue weighted by Gasteiger charge is 2.18. The van der Waals surface area contributed by atoms with Crippen LogP contribution >= 0.6 is 11.6 Å². The highest BCUT2D eigenvalue weighted by atomic mass is 35.5. The van der Waals surface area contributed by atoms with Crippen LogP contribution in [0.1, 0.15) is 5.56 Å². The maximum absolute atomic E-state index is 6.20. The predicted octanol–water partition coefficient (Wildman–Crippen LogP) is 3.72. The molecule has 1 aliphatic heterocycles. The van der Waals surface area contributed by atoms with Crippen LogP contribution in [0.5, 0.6) is 11.5 Å². The molecule has 3 rings (SSSR count). The number of hydrogen-bond donors (Lipinski definition) is 0. The molecule has 0 aliphatic carbocycles. The van der Waals surface area contributed by atoms with Gasteiger partial charge in [0.15, 0.2) is 11.5 Å². The SMILES string of the molecule is C#Cc1cc2c(cc1-c1ccccc1Cl)OCO2. The first-order valence-corrected chi connectivity index (χ1v) is 5.82. The van der Waals surface area contributed by atoms with Gasteiger partial charge in [0.05, 0.1) is 0 Å². The predicted molar refractivity (Wildman–Crippen MR) is 70.9 cm³/mol. The van der Waals surface area contributed by atoms with Gasteiger partial charge in [-0.25, -0.2) is 0 Å². The quantitative estimate of drug-likeness (QED) is 0.724. The van der Waals surface area contributed by atoms with Gasteiger partial charge in [0.1, 0.15) is 0 Å². The molecular weight excluding hydrogens is 248 g/mol. The lowest BCUT2D eigenvalue weighted by Crippen LogP contribution is -1.92. The lowest BCUT2D eigenvalue weighted by molar-refractivity contribution is 0.174. The molecule has 88 valence electrons. The Bertz CT molecular complexity index is 656. The second kappa shape index (κ2) is 4.29. The van der Waals surface area contributed by atoms with Gasteiger partial charge in [-0.2, -0.15) is 0 Å². The normalized spacial score (nSPS) is 12.2. The number of benzene rings is 2. The number of fused-ring (bicyclic) bond motifs is 1. The number of ether oxygens (including phenoxy) is 2. The molecule has 0 bridgehead atoms. The Labute approximate surface area is 110 Å². The van der Waals surface area contributed by atoms with Gasteiger partial charge in [-0.15, -0.1) is 6.42 Å². The van der Waals surface area contributed by atoms with Gasteiger partial charge in [-0.1, -0.05) is 35.7 Å². The van der Waals surface area contributed by atoms with Gasteiger partial charge < -0.3 is 9.47 Å². The molecule has 0 radical (unpaired) electrons. The summed E-state index contributed by atoms with van der Waals surface area (Å²) in [6.45, 7) is 0.227. The fourth-order valence-corrected chi connectivity index (χ4v) is 2.20. The summed E-state index contributed by atoms with van der Waals surface area (Å²) < 4.78 is 10.7. The Kier molecular flexibility index (Phi) is 2.62. The molecule has 0 atom stereocenters. The zero-order valence-electron chi connectivity index (χ0n) is 9.44. The minimum Gasteiger partial charge on any atom is -0.454 e. The molecular formula is C15H9ClO2. The first kappa shape index (κ1) is 11.0. The summed E-state index contributed by atoms with van der Waals surface area (Å²) in [5.41, 5.74) is 2.52. The Morgan fingerprint density at radius 2 is 1.78 bits per heavy atom. The van der Waals surface area contributed by atoms with Crippen molar-refractivity contribution in [2.45, 2.75) is 0 Å². The van der Waals surface area contributed by atoms with E-state index in [4.69, 9.17) is 27.5 Å². The van der Waals surface area contributed by atoms with E-state index in [1.807, 2.05) is 30.3 Å². The van der Waals surface area contributed by atoms with E-state index in [1.165, 1.54) is 0 Å². The molecule has 0 fully saturated rings. The number of terminal acetylenes is 1. The molecule has 1 heterocycles. The highest BCUT2D eigenvalue weighted by molar-refractivity contribution is 6.33. The summed E-state index contributed by atoms with van der Waals surface area (Å²) in [5.74, 6) is 4.03. The van der Waals surface area contributed by atoms with Crippen LogP contribution in [-0.2, 0) is 0 Å². The Hall–Kier alpha value is -2.11. The Morgan fingerprint density at radius 1 is 1.06 bits per heavy atom. The van der Waals surface area contributed by atoms with E-state index in [1.54, 1.807) is 6.07 Å². The zero-order valence-corrected chi connectivity index (χ0v) is 10.2. The van der Waals surface area contributed by atoms with Crippen LogP contribution in [-0.4, -0.2) is 6.79 Å². The summed E-state index contributed by atoms with van der Waals surface area (Å²) >= 11 is 6.20. The van der Waals surface area contributed by atoms with E-state index >= 15 is 0 Å². The molecule has 0 amide bonds. The van der Waals surface area contributed by atoms with Crippen LogP contribution in [0.25, 0.3) is 11.1 Å². The molecule has 0 N–H and O–H groups in total. The molecule has 0 saturated carbocycles. The maximum atomic E-state index is 6.20. The third-order valence-corrected chi connectivity index (χ3v) is 3.16. The first-order valence-electron chi connectivity index (χ1n) is 5.45. The van der Waals surface area contributed by atoms with Crippen LogP contribution < -0.4 is 9.47 Å². The van der Waals surface area contributed by atoms with Crippen molar-refractivity contribution in [1.82, 2.24) is 0 Å². The average Bonchev–Trinajstić information content (AvgIpc) is 2.85. The van der Waals surface area contributed by atoms with Crippen molar-refractivity contribution in [3.8, 4) is 35.0 Å². The molecule has 0 spiro atoms. The second-order valence-electron chi connectivity index (χ2n) is 3.88. The molecule has 0 unspecified atom stereocenters. The Morgan fingerprint density at radius 3 is 2.50 bits per heavy atom. The van der Waals surface area contributed by atoms with Crippen LogP contribution in [0, 0.1) is 12.3 Å². The first-order chi connectivity index (χ1) is 8.79. The van der Waals surface area contributed by atoms with Gasteiger partial charge in [0.25, 0.3) is 0 Å². The number of hydrogen-bond acceptors (Lipinski definition) is 2. The fraction of sp³-hybridized carbons (Fsp3) is 0.0667. The Balaban J connectivity index is 2.24. The average molecular weight is 257 g/mol. The standard InChI is InChI=1S/C15H9ClO2/c1-2-10-7-14-15(18-9-17-14)8-12(10)11-5-3-4-6-13(11)16/h1,3-8H,9H2. The summed E-state index contributed by atoms with van der Waals surface area (Å²) in [6, 6.07) is 11.3. The largest absolute Gasteiger partial charge is 0.454 e. The van der Waals surface area contributed by atoms with E-state index in [2.05, 4.69) is 5.92 Å². The van der Waals surface area contributed by atoms with Gasteiger partial charge in [0, 0.05) is 27.8 Å². The summed E-state index contributed by atoms with van der Waals surface area (Å²) in [7, 11) is 0. The molecule has 0 aromatic heterocycles. The van der Waals surface area contributed by atoms with Crippen molar-refractivity contribution in [1.29, 1.82) is 0 Å². The van der Waals surface area contributed by atoms with Gasteiger partial charge in [-0.05, 0) is 12.1 Å². The van der Waals surface area contributed by atoms with E-state index in [9.17, 15) is 0 Å². The lowest BCUT2D eigenvalue weighted by Gasteiger charge is -2.08. The highest BCUT2D eigenvalue weighted by Crippen LogP contribution is 2.40. The molecule has 2 aromatic carbocycles. The summed E-state index contributed by atoms with van der Waals surface area (Å²) in [5, 5.41) is 0.660. The lowest BCUT2D eigenvalue weighted by atomic mass is 9.99. The van der Waals surface area contributed by atoms with Crippen LogP contribution in [0.2, 0.25) is 5.02 Å². The van der Waals surface area contributed by atoms with Crippen LogP contribution in [0.4, 0.5) is 0 Å². The van der Waals surface area contributed by atoms with E-state index in [-0.39, 0.29) is 6.79 Å². The van der Waals surface area contributed by atoms with Gasteiger partial charge >= 0.3 is 0 Å². The summed E-state index contributed by atoms with van der Waals surface area (Å²) in [4.78, 5) is 0. The minimum atomic E-state index is 0.227. The van der Waals surface area contributed by atoms with Crippen molar-refractivity contribution >= 4 is 11.6 Å². The maximum Gasteiger partial charge on any atom is 0.231 e. The zero-order chi connectivity index (χ0) is 12.5. The van der Waals surface area contributed by atoms with Crippen molar-refractivity contribution < 1.29 is 9.47 Å². The van der Waals surface area contributed by atoms with Gasteiger partial charge in [-0.3, -0.25) is 0 Å². The number of halogens is 1. The number of rotatable bonds is 1. The molecule has 1 aliphatic rings. The fourth-order valence-electron chi connectivity index (χ4n) is 1.96.